The number of halogens is 1. The summed E-state index contributed by atoms with van der Waals surface area (Å²) in [5, 5.41) is 16.0. The van der Waals surface area contributed by atoms with Gasteiger partial charge in [0, 0.05) is 0 Å². The molecule has 0 saturated carbocycles. The highest BCUT2D eigenvalue weighted by atomic mass is 79.9. The Labute approximate surface area is 235 Å². The summed E-state index contributed by atoms with van der Waals surface area (Å²) >= 11 is 4.92. The van der Waals surface area contributed by atoms with Crippen LogP contribution in [0.25, 0.3) is 6.08 Å². The number of benzene rings is 2. The molecule has 0 saturated heterocycles. The van der Waals surface area contributed by atoms with E-state index in [0.717, 1.165) is 30.1 Å². The van der Waals surface area contributed by atoms with Gasteiger partial charge in [-0.25, -0.2) is 0 Å². The number of nitrogens with one attached hydrogen (secondary N) is 1. The lowest BCUT2D eigenvalue weighted by atomic mass is 10.1. The fourth-order valence-electron chi connectivity index (χ4n) is 3.96. The van der Waals surface area contributed by atoms with Crippen LogP contribution in [0.3, 0.4) is 0 Å². The second-order valence-electron chi connectivity index (χ2n) is 8.72. The Bertz CT molecular complexity index is 1260. The molecular formula is C28H31BrN4O4S. The number of para-hydroxylation sites is 1. The summed E-state index contributed by atoms with van der Waals surface area (Å²) in [7, 11) is 1.55. The van der Waals surface area contributed by atoms with Gasteiger partial charge in [-0.1, -0.05) is 50.8 Å². The first-order chi connectivity index (χ1) is 18.5. The molecule has 0 aliphatic carbocycles. The summed E-state index contributed by atoms with van der Waals surface area (Å²) < 4.78 is 17.8. The molecule has 2 aliphatic rings. The van der Waals surface area contributed by atoms with Crippen molar-refractivity contribution >= 4 is 55.7 Å². The topological polar surface area (TPSA) is 96.6 Å². The van der Waals surface area contributed by atoms with E-state index in [1.807, 2.05) is 36.4 Å². The third-order valence-electron chi connectivity index (χ3n) is 5.89. The lowest BCUT2D eigenvalue weighted by Crippen LogP contribution is -2.35. The van der Waals surface area contributed by atoms with Crippen LogP contribution in [0.15, 0.2) is 62.6 Å². The summed E-state index contributed by atoms with van der Waals surface area (Å²) in [5.41, 5.74) is 0.835. The average Bonchev–Trinajstić information content (AvgIpc) is 3.33. The summed E-state index contributed by atoms with van der Waals surface area (Å²) in [5.74, 6) is 1.35. The number of hydrazone groups is 1. The summed E-state index contributed by atoms with van der Waals surface area (Å²) in [6.45, 7) is 2.88. The first-order valence-electron chi connectivity index (χ1n) is 12.7. The predicted molar refractivity (Wildman–Crippen MR) is 157 cm³/mol. The van der Waals surface area contributed by atoms with Crippen LogP contribution in [-0.4, -0.2) is 47.3 Å². The van der Waals surface area contributed by atoms with E-state index in [0.29, 0.717) is 39.9 Å². The van der Waals surface area contributed by atoms with Crippen LogP contribution in [0.2, 0.25) is 0 Å². The van der Waals surface area contributed by atoms with Crippen LogP contribution in [-0.2, 0) is 4.79 Å². The van der Waals surface area contributed by atoms with Gasteiger partial charge in [-0.2, -0.15) is 15.1 Å². The Morgan fingerprint density at radius 1 is 1.08 bits per heavy atom. The number of aliphatic imine (C=N–C) groups is 1. The molecule has 0 unspecified atom stereocenters. The van der Waals surface area contributed by atoms with Gasteiger partial charge in [0.1, 0.15) is 24.0 Å². The Balaban J connectivity index is 1.42. The molecule has 2 aliphatic heterocycles. The second-order valence-corrected chi connectivity index (χ2v) is 10.6. The molecule has 38 heavy (non-hydrogen) atoms. The molecule has 2 aromatic carbocycles. The number of ether oxygens (including phenoxy) is 3. The number of carbonyl (C=O) groups is 1. The minimum atomic E-state index is -0.457. The van der Waals surface area contributed by atoms with Crippen LogP contribution < -0.4 is 14.2 Å². The molecule has 8 nitrogen and oxygen atoms in total. The number of hydrogen-bond acceptors (Lipinski definition) is 7. The molecule has 0 aromatic heterocycles. The Morgan fingerprint density at radius 3 is 2.61 bits per heavy atom. The van der Waals surface area contributed by atoms with Crippen LogP contribution in [0.1, 0.15) is 51.0 Å². The van der Waals surface area contributed by atoms with Gasteiger partial charge in [-0.15, -0.1) is 0 Å². The molecular weight excluding hydrogens is 568 g/mol. The van der Waals surface area contributed by atoms with Crippen LogP contribution in [0, 0.1) is 5.41 Å². The van der Waals surface area contributed by atoms with Gasteiger partial charge in [0.25, 0.3) is 5.91 Å². The van der Waals surface area contributed by atoms with Gasteiger partial charge in [-0.05, 0) is 76.4 Å². The summed E-state index contributed by atoms with van der Waals surface area (Å²) in [4.78, 5) is 17.0. The second kappa shape index (κ2) is 13.6. The highest BCUT2D eigenvalue weighted by Crippen LogP contribution is 2.38. The fourth-order valence-corrected chi connectivity index (χ4v) is 5.46. The number of rotatable bonds is 13. The minimum absolute atomic E-state index is 0.0157. The highest BCUT2D eigenvalue weighted by Gasteiger charge is 2.35. The molecule has 0 spiro atoms. The van der Waals surface area contributed by atoms with Crippen molar-refractivity contribution in [3.63, 3.8) is 0 Å². The highest BCUT2D eigenvalue weighted by molar-refractivity contribution is 9.10. The van der Waals surface area contributed by atoms with Crippen molar-refractivity contribution in [1.82, 2.24) is 5.01 Å². The van der Waals surface area contributed by atoms with Crippen molar-refractivity contribution in [2.75, 3.05) is 20.3 Å². The minimum Gasteiger partial charge on any atom is -0.493 e. The monoisotopic (exact) mass is 598 g/mol. The number of carbonyl (C=O) groups excluding carboxylic acids is 1. The van der Waals surface area contributed by atoms with E-state index < -0.39 is 5.91 Å². The molecule has 0 fully saturated rings. The van der Waals surface area contributed by atoms with Crippen molar-refractivity contribution in [3.8, 4) is 17.2 Å². The molecule has 0 atom stereocenters. The maximum Gasteiger partial charge on any atom is 0.283 e. The van der Waals surface area contributed by atoms with E-state index in [-0.39, 0.29) is 11.4 Å². The summed E-state index contributed by atoms with van der Waals surface area (Å²) in [6, 6.07) is 13.1. The van der Waals surface area contributed by atoms with Crippen molar-refractivity contribution in [2.24, 2.45) is 10.1 Å². The van der Waals surface area contributed by atoms with E-state index in [1.165, 1.54) is 36.0 Å². The molecule has 1 amide bonds. The van der Waals surface area contributed by atoms with Gasteiger partial charge >= 0.3 is 0 Å². The molecule has 1 N–H and O–H groups in total. The van der Waals surface area contributed by atoms with Gasteiger partial charge in [0.15, 0.2) is 17.3 Å². The standard InChI is InChI=1S/C28H31BrN4O4S/c1-3-4-5-6-10-13-24-32-33-26(30)21(27(34)31-28(33)38-24)16-19-17-22(29)25(23(18-19)35-2)37-15-14-36-20-11-8-7-9-12-20/h7-9,11-12,16-18,30H,3-6,10,13-15H2,1-2H3/b21-16-,30-26?. The van der Waals surface area contributed by atoms with E-state index >= 15 is 0 Å². The number of amidine groups is 2. The molecule has 4 rings (SSSR count). The van der Waals surface area contributed by atoms with Crippen molar-refractivity contribution in [2.45, 2.75) is 45.4 Å². The number of nitrogens with zero attached hydrogens (tertiary/aromatic N) is 3. The average molecular weight is 600 g/mol. The maximum absolute atomic E-state index is 12.8. The first kappa shape index (κ1) is 27.9. The van der Waals surface area contributed by atoms with E-state index in [2.05, 4.69) is 32.9 Å². The normalized spacial score (nSPS) is 15.9. The van der Waals surface area contributed by atoms with Gasteiger partial charge in [0.2, 0.25) is 5.17 Å². The fraction of sp³-hybridized carbons (Fsp3) is 0.357. The third-order valence-corrected chi connectivity index (χ3v) is 7.45. The molecule has 10 heteroatoms. The molecule has 200 valence electrons. The zero-order chi connectivity index (χ0) is 26.9. The number of unbranched alkanes of at least 4 members (excludes halogenated alkanes) is 4. The number of fused-ring (bicyclic) bond motifs is 1. The number of amides is 1. The van der Waals surface area contributed by atoms with Gasteiger partial charge in [0.05, 0.1) is 17.2 Å². The maximum atomic E-state index is 12.8. The Morgan fingerprint density at radius 2 is 1.84 bits per heavy atom. The summed E-state index contributed by atoms with van der Waals surface area (Å²) in [6.07, 6.45) is 8.30. The van der Waals surface area contributed by atoms with Gasteiger partial charge < -0.3 is 14.2 Å². The third kappa shape index (κ3) is 7.05. The number of hydrogen-bond donors (Lipinski definition) is 1. The Kier molecular flexibility index (Phi) is 10.0. The van der Waals surface area contributed by atoms with Crippen LogP contribution in [0.5, 0.6) is 17.2 Å². The van der Waals surface area contributed by atoms with E-state index in [4.69, 9.17) is 19.6 Å². The van der Waals surface area contributed by atoms with Crippen molar-refractivity contribution in [3.05, 3.63) is 58.1 Å². The molecule has 2 heterocycles. The molecule has 0 radical (unpaired) electrons. The van der Waals surface area contributed by atoms with E-state index in [9.17, 15) is 4.79 Å². The lowest BCUT2D eigenvalue weighted by molar-refractivity contribution is -0.114. The predicted octanol–water partition coefficient (Wildman–Crippen LogP) is 6.90. The van der Waals surface area contributed by atoms with E-state index in [1.54, 1.807) is 19.3 Å². The number of methoxy groups -OCH3 is 1. The zero-order valence-electron chi connectivity index (χ0n) is 21.5. The molecule has 0 bridgehead atoms. The van der Waals surface area contributed by atoms with Gasteiger partial charge in [-0.3, -0.25) is 10.2 Å². The van der Waals surface area contributed by atoms with Crippen LogP contribution in [0.4, 0.5) is 0 Å². The largest absolute Gasteiger partial charge is 0.493 e. The van der Waals surface area contributed by atoms with Crippen molar-refractivity contribution < 1.29 is 19.0 Å². The SMILES string of the molecule is CCCCCCCC1=NN2C(=N)/C(=C/c3cc(Br)c(OCCOc4ccccc4)c(OC)c3)C(=O)N=C2S1. The Hall–Kier alpha value is -3.11. The van der Waals surface area contributed by atoms with Crippen molar-refractivity contribution in [1.29, 1.82) is 5.41 Å². The lowest BCUT2D eigenvalue weighted by Gasteiger charge is -2.20. The zero-order valence-corrected chi connectivity index (χ0v) is 23.9. The molecule has 2 aromatic rings. The van der Waals surface area contributed by atoms with Crippen LogP contribution >= 0.6 is 27.7 Å². The number of thioether (sulfide) groups is 1. The first-order valence-corrected chi connectivity index (χ1v) is 14.3. The quantitative estimate of drug-likeness (QED) is 0.199. The smallest absolute Gasteiger partial charge is 0.283 e.